The monoisotopic (exact) mass is 250 g/mol. The molecule has 3 heterocycles. The number of hydrogen-bond donors (Lipinski definition) is 1. The lowest BCUT2D eigenvalue weighted by molar-refractivity contribution is 0.110. The molecule has 0 unspecified atom stereocenters. The average Bonchev–Trinajstić information content (AvgIpc) is 2.78. The molecule has 2 aliphatic heterocycles. The molecule has 100 valence electrons. The highest BCUT2D eigenvalue weighted by Crippen LogP contribution is 2.18. The summed E-state index contributed by atoms with van der Waals surface area (Å²) in [5.41, 5.74) is 2.66. The standard InChI is InChI=1S/C13H22N4O/c1-2-3-13-15-11-10-14-5-4-12(11)17(13)16-6-8-18-9-7-16/h14H,2-10H2,1H3. The van der Waals surface area contributed by atoms with Gasteiger partial charge in [-0.1, -0.05) is 6.92 Å². The topological polar surface area (TPSA) is 42.3 Å². The van der Waals surface area contributed by atoms with Crippen LogP contribution in [-0.2, 0) is 24.1 Å². The minimum atomic E-state index is 0.830. The summed E-state index contributed by atoms with van der Waals surface area (Å²) in [5, 5.41) is 5.82. The Morgan fingerprint density at radius 3 is 2.94 bits per heavy atom. The second-order valence-corrected chi connectivity index (χ2v) is 4.98. The molecule has 2 aliphatic rings. The van der Waals surface area contributed by atoms with Crippen molar-refractivity contribution >= 4 is 0 Å². The third-order valence-corrected chi connectivity index (χ3v) is 3.67. The van der Waals surface area contributed by atoms with E-state index in [2.05, 4.69) is 21.9 Å². The molecule has 1 fully saturated rings. The van der Waals surface area contributed by atoms with Crippen LogP contribution in [0.4, 0.5) is 0 Å². The van der Waals surface area contributed by atoms with Gasteiger partial charge in [0, 0.05) is 25.9 Å². The first kappa shape index (κ1) is 12.0. The van der Waals surface area contributed by atoms with E-state index >= 15 is 0 Å². The molecular formula is C13H22N4O. The second kappa shape index (κ2) is 5.28. The fourth-order valence-electron chi connectivity index (χ4n) is 2.82. The number of nitrogens with zero attached hydrogens (tertiary/aromatic N) is 3. The van der Waals surface area contributed by atoms with E-state index in [1.54, 1.807) is 0 Å². The lowest BCUT2D eigenvalue weighted by atomic mass is 10.2. The predicted octanol–water partition coefficient (Wildman–Crippen LogP) is 0.449. The third kappa shape index (κ3) is 2.12. The number of nitrogens with one attached hydrogen (secondary N) is 1. The Balaban J connectivity index is 1.95. The molecule has 0 saturated carbocycles. The zero-order valence-corrected chi connectivity index (χ0v) is 11.1. The van der Waals surface area contributed by atoms with Gasteiger partial charge in [0.25, 0.3) is 0 Å². The van der Waals surface area contributed by atoms with Gasteiger partial charge < -0.3 is 15.1 Å². The number of aromatic nitrogens is 2. The predicted molar refractivity (Wildman–Crippen MR) is 70.4 cm³/mol. The SMILES string of the molecule is CCCc1nc2c(n1N1CCOCC1)CCNC2. The van der Waals surface area contributed by atoms with Crippen LogP contribution in [0.15, 0.2) is 0 Å². The molecule has 0 aromatic carbocycles. The van der Waals surface area contributed by atoms with Crippen LogP contribution < -0.4 is 10.3 Å². The van der Waals surface area contributed by atoms with Gasteiger partial charge in [-0.05, 0) is 6.42 Å². The van der Waals surface area contributed by atoms with Crippen LogP contribution in [0, 0.1) is 0 Å². The Morgan fingerprint density at radius 1 is 1.33 bits per heavy atom. The molecule has 0 aliphatic carbocycles. The van der Waals surface area contributed by atoms with Crippen LogP contribution in [0.3, 0.4) is 0 Å². The Bertz CT molecular complexity index is 409. The molecule has 0 radical (unpaired) electrons. The summed E-state index contributed by atoms with van der Waals surface area (Å²) in [6.45, 7) is 7.82. The van der Waals surface area contributed by atoms with E-state index in [9.17, 15) is 0 Å². The maximum Gasteiger partial charge on any atom is 0.128 e. The van der Waals surface area contributed by atoms with Gasteiger partial charge in [0.15, 0.2) is 0 Å². The molecule has 5 nitrogen and oxygen atoms in total. The second-order valence-electron chi connectivity index (χ2n) is 4.98. The molecular weight excluding hydrogens is 228 g/mol. The first-order valence-electron chi connectivity index (χ1n) is 7.03. The van der Waals surface area contributed by atoms with Gasteiger partial charge in [-0.3, -0.25) is 0 Å². The van der Waals surface area contributed by atoms with Gasteiger partial charge in [-0.15, -0.1) is 0 Å². The summed E-state index contributed by atoms with van der Waals surface area (Å²) in [4.78, 5) is 4.83. The Morgan fingerprint density at radius 2 is 2.17 bits per heavy atom. The van der Waals surface area contributed by atoms with Crippen molar-refractivity contribution < 1.29 is 4.74 Å². The molecule has 0 amide bonds. The summed E-state index contributed by atoms with van der Waals surface area (Å²) in [6.07, 6.45) is 3.29. The molecule has 18 heavy (non-hydrogen) atoms. The van der Waals surface area contributed by atoms with E-state index in [0.717, 1.165) is 58.7 Å². The molecule has 0 atom stereocenters. The highest BCUT2D eigenvalue weighted by atomic mass is 16.5. The molecule has 1 saturated heterocycles. The van der Waals surface area contributed by atoms with Crippen LogP contribution in [-0.4, -0.2) is 42.5 Å². The first-order valence-corrected chi connectivity index (χ1v) is 7.03. The van der Waals surface area contributed by atoms with E-state index in [1.807, 2.05) is 0 Å². The van der Waals surface area contributed by atoms with Crippen molar-refractivity contribution in [1.29, 1.82) is 0 Å². The fourth-order valence-corrected chi connectivity index (χ4v) is 2.82. The molecule has 5 heteroatoms. The van der Waals surface area contributed by atoms with Crippen molar-refractivity contribution in [2.45, 2.75) is 32.7 Å². The van der Waals surface area contributed by atoms with E-state index < -0.39 is 0 Å². The quantitative estimate of drug-likeness (QED) is 0.846. The van der Waals surface area contributed by atoms with Gasteiger partial charge in [0.2, 0.25) is 0 Å². The molecule has 1 N–H and O–H groups in total. The van der Waals surface area contributed by atoms with E-state index in [1.165, 1.54) is 17.2 Å². The number of rotatable bonds is 3. The van der Waals surface area contributed by atoms with Crippen LogP contribution in [0.1, 0.15) is 30.6 Å². The zero-order chi connectivity index (χ0) is 12.4. The van der Waals surface area contributed by atoms with E-state index in [0.29, 0.717) is 0 Å². The number of hydrogen-bond acceptors (Lipinski definition) is 4. The molecule has 1 aromatic rings. The van der Waals surface area contributed by atoms with Crippen molar-refractivity contribution in [3.8, 4) is 0 Å². The maximum atomic E-state index is 5.45. The zero-order valence-electron chi connectivity index (χ0n) is 11.1. The highest BCUT2D eigenvalue weighted by Gasteiger charge is 2.23. The average molecular weight is 250 g/mol. The van der Waals surface area contributed by atoms with Gasteiger partial charge in [0.05, 0.1) is 37.7 Å². The summed E-state index contributed by atoms with van der Waals surface area (Å²) < 4.78 is 7.84. The number of morpholine rings is 1. The van der Waals surface area contributed by atoms with Crippen molar-refractivity contribution in [1.82, 2.24) is 15.0 Å². The van der Waals surface area contributed by atoms with Gasteiger partial charge in [0.1, 0.15) is 5.82 Å². The van der Waals surface area contributed by atoms with Crippen molar-refractivity contribution in [2.24, 2.45) is 0 Å². The number of aryl methyl sites for hydroxylation is 1. The van der Waals surface area contributed by atoms with Crippen LogP contribution in [0.25, 0.3) is 0 Å². The Hall–Kier alpha value is -1.07. The van der Waals surface area contributed by atoms with Gasteiger partial charge >= 0.3 is 0 Å². The molecule has 0 bridgehead atoms. The highest BCUT2D eigenvalue weighted by molar-refractivity contribution is 5.23. The van der Waals surface area contributed by atoms with Crippen LogP contribution >= 0.6 is 0 Å². The van der Waals surface area contributed by atoms with Crippen molar-refractivity contribution in [2.75, 3.05) is 37.9 Å². The normalized spacial score (nSPS) is 19.9. The summed E-state index contributed by atoms with van der Waals surface area (Å²) in [6, 6.07) is 0. The fraction of sp³-hybridized carbons (Fsp3) is 0.769. The minimum Gasteiger partial charge on any atom is -0.378 e. The lowest BCUT2D eigenvalue weighted by Crippen LogP contribution is -2.46. The number of imidazole rings is 1. The third-order valence-electron chi connectivity index (χ3n) is 3.67. The molecule has 0 spiro atoms. The first-order chi connectivity index (χ1) is 8.90. The summed E-state index contributed by atoms with van der Waals surface area (Å²) in [7, 11) is 0. The van der Waals surface area contributed by atoms with Crippen molar-refractivity contribution in [3.63, 3.8) is 0 Å². The largest absolute Gasteiger partial charge is 0.378 e. The molecule has 3 rings (SSSR count). The van der Waals surface area contributed by atoms with E-state index in [4.69, 9.17) is 9.72 Å². The van der Waals surface area contributed by atoms with Crippen LogP contribution in [0.5, 0.6) is 0 Å². The summed E-state index contributed by atoms with van der Waals surface area (Å²) >= 11 is 0. The lowest BCUT2D eigenvalue weighted by Gasteiger charge is -2.33. The maximum absolute atomic E-state index is 5.45. The van der Waals surface area contributed by atoms with Gasteiger partial charge in [-0.25, -0.2) is 9.66 Å². The molecule has 1 aromatic heterocycles. The van der Waals surface area contributed by atoms with Crippen molar-refractivity contribution in [3.05, 3.63) is 17.2 Å². The van der Waals surface area contributed by atoms with E-state index in [-0.39, 0.29) is 0 Å². The smallest absolute Gasteiger partial charge is 0.128 e. The summed E-state index contributed by atoms with van der Waals surface area (Å²) in [5.74, 6) is 1.23. The van der Waals surface area contributed by atoms with Crippen LogP contribution in [0.2, 0.25) is 0 Å². The van der Waals surface area contributed by atoms with Gasteiger partial charge in [-0.2, -0.15) is 0 Å². The Kier molecular flexibility index (Phi) is 3.52. The number of fused-ring (bicyclic) bond motifs is 1. The number of ether oxygens (including phenoxy) is 1. The Labute approximate surface area is 108 Å². The minimum absolute atomic E-state index is 0.830.